The van der Waals surface area contributed by atoms with Crippen LogP contribution in [0.2, 0.25) is 0 Å². The first-order valence-electron chi connectivity index (χ1n) is 7.70. The van der Waals surface area contributed by atoms with E-state index in [9.17, 15) is 0 Å². The van der Waals surface area contributed by atoms with Crippen LogP contribution in [0.5, 0.6) is 0 Å². The minimum absolute atomic E-state index is 0.300. The van der Waals surface area contributed by atoms with Gasteiger partial charge < -0.3 is 4.74 Å². The van der Waals surface area contributed by atoms with E-state index in [0.717, 1.165) is 6.42 Å². The number of hydrogen-bond donors (Lipinski definition) is 0. The molecule has 20 heavy (non-hydrogen) atoms. The molecule has 0 amide bonds. The molecule has 1 fully saturated rings. The lowest BCUT2D eigenvalue weighted by Crippen LogP contribution is -2.16. The van der Waals surface area contributed by atoms with Crippen molar-refractivity contribution >= 4 is 0 Å². The van der Waals surface area contributed by atoms with Crippen LogP contribution in [-0.4, -0.2) is 6.10 Å². The number of benzene rings is 2. The molecule has 0 radical (unpaired) electrons. The van der Waals surface area contributed by atoms with Gasteiger partial charge in [-0.2, -0.15) is 0 Å². The molecule has 0 unspecified atom stereocenters. The highest BCUT2D eigenvalue weighted by Crippen LogP contribution is 2.44. The third-order valence-electron chi connectivity index (χ3n) is 4.85. The number of hydrogen-bond acceptors (Lipinski definition) is 1. The van der Waals surface area contributed by atoms with Gasteiger partial charge in [0.2, 0.25) is 0 Å². The minimum Gasteiger partial charge on any atom is -0.370 e. The fourth-order valence-electron chi connectivity index (χ4n) is 3.85. The topological polar surface area (TPSA) is 9.23 Å². The van der Waals surface area contributed by atoms with Gasteiger partial charge in [0.1, 0.15) is 0 Å². The van der Waals surface area contributed by atoms with E-state index in [1.807, 2.05) is 0 Å². The van der Waals surface area contributed by atoms with E-state index < -0.39 is 0 Å². The van der Waals surface area contributed by atoms with Crippen molar-refractivity contribution in [3.8, 4) is 0 Å². The minimum atomic E-state index is 0.300. The van der Waals surface area contributed by atoms with Crippen LogP contribution in [0, 0.1) is 0 Å². The van der Waals surface area contributed by atoms with Gasteiger partial charge in [-0.25, -0.2) is 0 Å². The van der Waals surface area contributed by atoms with Gasteiger partial charge in [0, 0.05) is 5.92 Å². The molecular weight excluding hydrogens is 244 g/mol. The van der Waals surface area contributed by atoms with Crippen molar-refractivity contribution in [1.29, 1.82) is 0 Å². The largest absolute Gasteiger partial charge is 0.370 e. The molecule has 4 rings (SSSR count). The van der Waals surface area contributed by atoms with Gasteiger partial charge in [0.15, 0.2) is 0 Å². The molecular formula is C19H20O. The summed E-state index contributed by atoms with van der Waals surface area (Å²) in [5.74, 6) is 0.611. The standard InChI is InChI=1S/C19H20O/c1-2-7-15(8-3-1)18-12-13-19(20-18)17-11-10-14-6-4-5-9-16(14)17/h1-9,17-19H,10-13H2/t17-,18+,19+/m0/s1. The Morgan fingerprint density at radius 1 is 0.800 bits per heavy atom. The zero-order chi connectivity index (χ0) is 13.4. The Morgan fingerprint density at radius 3 is 2.50 bits per heavy atom. The molecule has 1 aliphatic carbocycles. The summed E-state index contributed by atoms with van der Waals surface area (Å²) in [7, 11) is 0. The first-order chi connectivity index (χ1) is 9.92. The predicted molar refractivity (Wildman–Crippen MR) is 80.8 cm³/mol. The summed E-state index contributed by atoms with van der Waals surface area (Å²) >= 11 is 0. The quantitative estimate of drug-likeness (QED) is 0.768. The molecule has 1 heteroatoms. The van der Waals surface area contributed by atoms with Gasteiger partial charge in [0.05, 0.1) is 12.2 Å². The lowest BCUT2D eigenvalue weighted by molar-refractivity contribution is 0.0288. The van der Waals surface area contributed by atoms with Crippen molar-refractivity contribution in [2.45, 2.75) is 43.8 Å². The first kappa shape index (κ1) is 12.2. The Hall–Kier alpha value is -1.60. The van der Waals surface area contributed by atoms with E-state index in [0.29, 0.717) is 18.1 Å². The number of fused-ring (bicyclic) bond motifs is 1. The Labute approximate surface area is 120 Å². The van der Waals surface area contributed by atoms with Gasteiger partial charge in [-0.3, -0.25) is 0 Å². The summed E-state index contributed by atoms with van der Waals surface area (Å²) in [4.78, 5) is 0. The van der Waals surface area contributed by atoms with Crippen molar-refractivity contribution in [2.24, 2.45) is 0 Å². The van der Waals surface area contributed by atoms with Gasteiger partial charge in [0.25, 0.3) is 0 Å². The van der Waals surface area contributed by atoms with Crippen LogP contribution in [0.3, 0.4) is 0 Å². The van der Waals surface area contributed by atoms with Crippen LogP contribution in [-0.2, 0) is 11.2 Å². The van der Waals surface area contributed by atoms with Gasteiger partial charge >= 0.3 is 0 Å². The highest BCUT2D eigenvalue weighted by Gasteiger charge is 2.36. The van der Waals surface area contributed by atoms with E-state index >= 15 is 0 Å². The van der Waals surface area contributed by atoms with Crippen LogP contribution in [0.15, 0.2) is 54.6 Å². The SMILES string of the molecule is c1ccc([C@H]2CC[C@H]([C@H]3CCc4ccccc43)O2)cc1. The normalized spacial score (nSPS) is 28.5. The second-order valence-electron chi connectivity index (χ2n) is 6.00. The van der Waals surface area contributed by atoms with Crippen LogP contribution >= 0.6 is 0 Å². The second-order valence-corrected chi connectivity index (χ2v) is 6.00. The summed E-state index contributed by atoms with van der Waals surface area (Å²) < 4.78 is 6.39. The molecule has 2 aromatic rings. The molecule has 1 saturated heterocycles. The first-order valence-corrected chi connectivity index (χ1v) is 7.70. The molecule has 0 aromatic heterocycles. The highest BCUT2D eigenvalue weighted by molar-refractivity contribution is 5.36. The van der Waals surface area contributed by atoms with Crippen molar-refractivity contribution in [3.05, 3.63) is 71.3 Å². The molecule has 102 valence electrons. The van der Waals surface area contributed by atoms with Crippen LogP contribution in [0.25, 0.3) is 0 Å². The fraction of sp³-hybridized carbons (Fsp3) is 0.368. The third-order valence-corrected chi connectivity index (χ3v) is 4.85. The third kappa shape index (κ3) is 2.06. The highest BCUT2D eigenvalue weighted by atomic mass is 16.5. The van der Waals surface area contributed by atoms with E-state index in [1.165, 1.54) is 36.0 Å². The lowest BCUT2D eigenvalue weighted by atomic mass is 9.93. The molecule has 2 aromatic carbocycles. The number of ether oxygens (including phenoxy) is 1. The van der Waals surface area contributed by atoms with E-state index in [-0.39, 0.29) is 0 Å². The van der Waals surface area contributed by atoms with Crippen molar-refractivity contribution in [1.82, 2.24) is 0 Å². The van der Waals surface area contributed by atoms with Crippen molar-refractivity contribution < 1.29 is 4.74 Å². The zero-order valence-corrected chi connectivity index (χ0v) is 11.7. The Kier molecular flexibility index (Phi) is 3.08. The molecule has 0 N–H and O–H groups in total. The summed E-state index contributed by atoms with van der Waals surface area (Å²) in [6, 6.07) is 19.6. The maximum absolute atomic E-state index is 6.39. The van der Waals surface area contributed by atoms with Gasteiger partial charge in [-0.15, -0.1) is 0 Å². The molecule has 3 atom stereocenters. The monoisotopic (exact) mass is 264 g/mol. The van der Waals surface area contributed by atoms with Crippen LogP contribution < -0.4 is 0 Å². The van der Waals surface area contributed by atoms with E-state index in [1.54, 1.807) is 0 Å². The fourth-order valence-corrected chi connectivity index (χ4v) is 3.85. The maximum Gasteiger partial charge on any atom is 0.0830 e. The molecule has 0 saturated carbocycles. The Balaban J connectivity index is 1.53. The zero-order valence-electron chi connectivity index (χ0n) is 11.7. The van der Waals surface area contributed by atoms with Crippen molar-refractivity contribution in [2.75, 3.05) is 0 Å². The molecule has 0 bridgehead atoms. The van der Waals surface area contributed by atoms with Crippen molar-refractivity contribution in [3.63, 3.8) is 0 Å². The molecule has 0 spiro atoms. The summed E-state index contributed by atoms with van der Waals surface area (Å²) in [6.07, 6.45) is 5.53. The Bertz CT molecular complexity index is 590. The predicted octanol–water partition coefficient (Wildman–Crippen LogP) is 4.64. The van der Waals surface area contributed by atoms with Gasteiger partial charge in [-0.05, 0) is 42.4 Å². The number of aryl methyl sites for hydroxylation is 1. The molecule has 2 aliphatic rings. The smallest absolute Gasteiger partial charge is 0.0830 e. The lowest BCUT2D eigenvalue weighted by Gasteiger charge is -2.21. The van der Waals surface area contributed by atoms with E-state index in [4.69, 9.17) is 4.74 Å². The Morgan fingerprint density at radius 2 is 1.60 bits per heavy atom. The van der Waals surface area contributed by atoms with Crippen LogP contribution in [0.1, 0.15) is 48.0 Å². The summed E-state index contributed by atoms with van der Waals surface area (Å²) in [5, 5.41) is 0. The van der Waals surface area contributed by atoms with Gasteiger partial charge in [-0.1, -0.05) is 54.6 Å². The maximum atomic E-state index is 6.39. The van der Waals surface area contributed by atoms with E-state index in [2.05, 4.69) is 54.6 Å². The number of rotatable bonds is 2. The summed E-state index contributed by atoms with van der Waals surface area (Å²) in [6.45, 7) is 0. The second kappa shape index (κ2) is 5.06. The van der Waals surface area contributed by atoms with Crippen LogP contribution in [0.4, 0.5) is 0 Å². The molecule has 1 aliphatic heterocycles. The molecule has 1 nitrogen and oxygen atoms in total. The average Bonchev–Trinajstić information content (AvgIpc) is 3.14. The summed E-state index contributed by atoms with van der Waals surface area (Å²) in [5.41, 5.74) is 4.40. The average molecular weight is 264 g/mol. The molecule has 1 heterocycles.